The van der Waals surface area contributed by atoms with Crippen LogP contribution in [0.3, 0.4) is 0 Å². The normalized spacial score (nSPS) is 18.6. The average molecular weight is 226 g/mol. The molecule has 0 amide bonds. The summed E-state index contributed by atoms with van der Waals surface area (Å²) < 4.78 is 29.1. The fourth-order valence-electron chi connectivity index (χ4n) is 1.29. The monoisotopic (exact) mass is 226 g/mol. The first-order valence-corrected chi connectivity index (χ1v) is 5.36. The molecule has 3 nitrogen and oxygen atoms in total. The average Bonchev–Trinajstić information content (AvgIpc) is 2.99. The predicted octanol–water partition coefficient (Wildman–Crippen LogP) is 2.39. The standard InChI is InChI=1S/C12H15FO3/c1-8(2)16-12-5-9(13)3-4-11(12)15-7-10-6-14-10/h3-5,8,10H,6-7H2,1-2H3. The molecule has 1 aliphatic heterocycles. The lowest BCUT2D eigenvalue weighted by Crippen LogP contribution is -2.09. The van der Waals surface area contributed by atoms with Crippen molar-refractivity contribution in [1.82, 2.24) is 0 Å². The van der Waals surface area contributed by atoms with Crippen LogP contribution in [0.1, 0.15) is 13.8 Å². The van der Waals surface area contributed by atoms with Gasteiger partial charge in [-0.2, -0.15) is 0 Å². The lowest BCUT2D eigenvalue weighted by Gasteiger charge is -2.14. The molecule has 1 heterocycles. The minimum absolute atomic E-state index is 0.0127. The van der Waals surface area contributed by atoms with Crippen LogP contribution in [-0.4, -0.2) is 25.4 Å². The number of benzene rings is 1. The molecular weight excluding hydrogens is 211 g/mol. The lowest BCUT2D eigenvalue weighted by molar-refractivity contribution is 0.211. The van der Waals surface area contributed by atoms with Gasteiger partial charge in [0.15, 0.2) is 11.5 Å². The Morgan fingerprint density at radius 2 is 2.19 bits per heavy atom. The van der Waals surface area contributed by atoms with Gasteiger partial charge >= 0.3 is 0 Å². The van der Waals surface area contributed by atoms with E-state index in [1.165, 1.54) is 12.1 Å². The lowest BCUT2D eigenvalue weighted by atomic mass is 10.3. The molecule has 1 fully saturated rings. The molecule has 16 heavy (non-hydrogen) atoms. The van der Waals surface area contributed by atoms with Crippen LogP contribution in [0.15, 0.2) is 18.2 Å². The predicted molar refractivity (Wildman–Crippen MR) is 57.4 cm³/mol. The summed E-state index contributed by atoms with van der Waals surface area (Å²) in [4.78, 5) is 0. The summed E-state index contributed by atoms with van der Waals surface area (Å²) >= 11 is 0. The van der Waals surface area contributed by atoms with Gasteiger partial charge in [0.2, 0.25) is 0 Å². The molecule has 1 aromatic rings. The van der Waals surface area contributed by atoms with E-state index in [9.17, 15) is 4.39 Å². The molecule has 88 valence electrons. The van der Waals surface area contributed by atoms with Crippen molar-refractivity contribution >= 4 is 0 Å². The molecule has 0 aliphatic carbocycles. The molecule has 0 aromatic heterocycles. The van der Waals surface area contributed by atoms with Crippen molar-refractivity contribution < 1.29 is 18.6 Å². The van der Waals surface area contributed by atoms with E-state index in [2.05, 4.69) is 0 Å². The van der Waals surface area contributed by atoms with E-state index in [1.54, 1.807) is 6.07 Å². The van der Waals surface area contributed by atoms with Gasteiger partial charge < -0.3 is 14.2 Å². The third-order valence-electron chi connectivity index (χ3n) is 2.10. The third kappa shape index (κ3) is 3.10. The SMILES string of the molecule is CC(C)Oc1cc(F)ccc1OCC1CO1. The van der Waals surface area contributed by atoms with E-state index in [4.69, 9.17) is 14.2 Å². The second kappa shape index (κ2) is 4.70. The van der Waals surface area contributed by atoms with Crippen LogP contribution in [0.4, 0.5) is 4.39 Å². The highest BCUT2D eigenvalue weighted by molar-refractivity contribution is 5.40. The maximum Gasteiger partial charge on any atom is 0.164 e. The number of ether oxygens (including phenoxy) is 3. The minimum Gasteiger partial charge on any atom is -0.487 e. The molecule has 1 saturated heterocycles. The Labute approximate surface area is 94.1 Å². The number of hydrogen-bond donors (Lipinski definition) is 0. The number of epoxide rings is 1. The fourth-order valence-corrected chi connectivity index (χ4v) is 1.29. The van der Waals surface area contributed by atoms with Crippen molar-refractivity contribution in [2.24, 2.45) is 0 Å². The van der Waals surface area contributed by atoms with Gasteiger partial charge in [-0.05, 0) is 26.0 Å². The van der Waals surface area contributed by atoms with Gasteiger partial charge in [0, 0.05) is 6.07 Å². The third-order valence-corrected chi connectivity index (χ3v) is 2.10. The van der Waals surface area contributed by atoms with Gasteiger partial charge in [-0.15, -0.1) is 0 Å². The molecular formula is C12H15FO3. The van der Waals surface area contributed by atoms with Gasteiger partial charge in [-0.25, -0.2) is 4.39 Å². The van der Waals surface area contributed by atoms with Crippen LogP contribution >= 0.6 is 0 Å². The van der Waals surface area contributed by atoms with Crippen LogP contribution in [0.5, 0.6) is 11.5 Å². The second-order valence-electron chi connectivity index (χ2n) is 4.02. The summed E-state index contributed by atoms with van der Waals surface area (Å²) in [5.41, 5.74) is 0. The van der Waals surface area contributed by atoms with E-state index in [0.29, 0.717) is 18.1 Å². The van der Waals surface area contributed by atoms with E-state index >= 15 is 0 Å². The van der Waals surface area contributed by atoms with Gasteiger partial charge in [0.05, 0.1) is 12.7 Å². The Bertz CT molecular complexity index is 361. The van der Waals surface area contributed by atoms with Crippen molar-refractivity contribution in [3.63, 3.8) is 0 Å². The van der Waals surface area contributed by atoms with Crippen molar-refractivity contribution in [1.29, 1.82) is 0 Å². The zero-order valence-corrected chi connectivity index (χ0v) is 9.40. The first-order chi connectivity index (χ1) is 7.65. The molecule has 0 N–H and O–H groups in total. The first kappa shape index (κ1) is 11.2. The Morgan fingerprint density at radius 3 is 2.81 bits per heavy atom. The van der Waals surface area contributed by atoms with E-state index < -0.39 is 0 Å². The van der Waals surface area contributed by atoms with E-state index in [0.717, 1.165) is 6.61 Å². The summed E-state index contributed by atoms with van der Waals surface area (Å²) in [6.45, 7) is 5.00. The second-order valence-corrected chi connectivity index (χ2v) is 4.02. The van der Waals surface area contributed by atoms with Crippen LogP contribution < -0.4 is 9.47 Å². The smallest absolute Gasteiger partial charge is 0.164 e. The molecule has 4 heteroatoms. The van der Waals surface area contributed by atoms with E-state index in [-0.39, 0.29) is 18.0 Å². The topological polar surface area (TPSA) is 31.0 Å². The molecule has 1 atom stereocenters. The first-order valence-electron chi connectivity index (χ1n) is 5.36. The largest absolute Gasteiger partial charge is 0.487 e. The Balaban J connectivity index is 2.06. The maximum absolute atomic E-state index is 13.0. The summed E-state index contributed by atoms with van der Waals surface area (Å²) in [7, 11) is 0. The number of hydrogen-bond acceptors (Lipinski definition) is 3. The number of rotatable bonds is 5. The summed E-state index contributed by atoms with van der Waals surface area (Å²) in [6.07, 6.45) is 0.165. The molecule has 0 radical (unpaired) electrons. The highest BCUT2D eigenvalue weighted by Gasteiger charge is 2.23. The van der Waals surface area contributed by atoms with Crippen molar-refractivity contribution in [3.05, 3.63) is 24.0 Å². The van der Waals surface area contributed by atoms with Gasteiger partial charge in [0.1, 0.15) is 18.5 Å². The molecule has 2 rings (SSSR count). The summed E-state index contributed by atoms with van der Waals surface area (Å²) in [5, 5.41) is 0. The van der Waals surface area contributed by atoms with Crippen LogP contribution in [0.25, 0.3) is 0 Å². The van der Waals surface area contributed by atoms with Crippen molar-refractivity contribution in [2.45, 2.75) is 26.1 Å². The van der Waals surface area contributed by atoms with Crippen molar-refractivity contribution in [3.8, 4) is 11.5 Å². The number of halogens is 1. The Morgan fingerprint density at radius 1 is 1.44 bits per heavy atom. The zero-order valence-electron chi connectivity index (χ0n) is 9.40. The molecule has 1 unspecified atom stereocenters. The van der Waals surface area contributed by atoms with Crippen molar-refractivity contribution in [2.75, 3.05) is 13.2 Å². The van der Waals surface area contributed by atoms with Gasteiger partial charge in [-0.3, -0.25) is 0 Å². The highest BCUT2D eigenvalue weighted by Crippen LogP contribution is 2.29. The molecule has 0 bridgehead atoms. The molecule has 0 spiro atoms. The van der Waals surface area contributed by atoms with Crippen LogP contribution in [-0.2, 0) is 4.74 Å². The van der Waals surface area contributed by atoms with E-state index in [1.807, 2.05) is 13.8 Å². The molecule has 1 aromatic carbocycles. The van der Waals surface area contributed by atoms with Crippen LogP contribution in [0, 0.1) is 5.82 Å². The quantitative estimate of drug-likeness (QED) is 0.722. The summed E-state index contributed by atoms with van der Waals surface area (Å²) in [5.74, 6) is 0.673. The molecule has 0 saturated carbocycles. The maximum atomic E-state index is 13.0. The van der Waals surface area contributed by atoms with Gasteiger partial charge in [0.25, 0.3) is 0 Å². The Hall–Kier alpha value is -1.29. The summed E-state index contributed by atoms with van der Waals surface area (Å²) in [6, 6.07) is 4.27. The zero-order chi connectivity index (χ0) is 11.5. The fraction of sp³-hybridized carbons (Fsp3) is 0.500. The Kier molecular flexibility index (Phi) is 3.29. The highest BCUT2D eigenvalue weighted by atomic mass is 19.1. The molecule has 1 aliphatic rings. The minimum atomic E-state index is -0.328. The van der Waals surface area contributed by atoms with Gasteiger partial charge in [-0.1, -0.05) is 0 Å². The van der Waals surface area contributed by atoms with Crippen LogP contribution in [0.2, 0.25) is 0 Å².